The Morgan fingerprint density at radius 1 is 1.00 bits per heavy atom. The van der Waals surface area contributed by atoms with Crippen LogP contribution in [0.4, 0.5) is 0 Å². The van der Waals surface area contributed by atoms with Gasteiger partial charge < -0.3 is 14.9 Å². The molecular formula is C27H23ClN4O. The van der Waals surface area contributed by atoms with Crippen molar-refractivity contribution in [2.45, 2.75) is 12.5 Å². The molecule has 3 aromatic carbocycles. The van der Waals surface area contributed by atoms with E-state index in [0.717, 1.165) is 34.1 Å². The predicted molar refractivity (Wildman–Crippen MR) is 132 cm³/mol. The molecule has 1 amide bonds. The maximum absolute atomic E-state index is 13.0. The van der Waals surface area contributed by atoms with Crippen molar-refractivity contribution in [3.63, 3.8) is 0 Å². The van der Waals surface area contributed by atoms with Gasteiger partial charge in [0.1, 0.15) is 0 Å². The molecule has 0 fully saturated rings. The highest BCUT2D eigenvalue weighted by atomic mass is 35.5. The fourth-order valence-electron chi connectivity index (χ4n) is 4.18. The Labute approximate surface area is 197 Å². The van der Waals surface area contributed by atoms with Crippen LogP contribution >= 0.6 is 11.6 Å². The number of benzene rings is 3. The number of aromatic amines is 1. The number of fused-ring (bicyclic) bond motifs is 1. The Kier molecular flexibility index (Phi) is 5.96. The first-order valence-corrected chi connectivity index (χ1v) is 11.2. The topological polar surface area (TPSA) is 62.7 Å². The van der Waals surface area contributed by atoms with Crippen LogP contribution in [0.3, 0.4) is 0 Å². The monoisotopic (exact) mass is 454 g/mol. The maximum atomic E-state index is 13.0. The molecule has 5 nitrogen and oxygen atoms in total. The van der Waals surface area contributed by atoms with Gasteiger partial charge in [-0.1, -0.05) is 60.1 Å². The normalized spacial score (nSPS) is 12.0. The number of amides is 1. The maximum Gasteiger partial charge on any atom is 0.251 e. The van der Waals surface area contributed by atoms with Crippen LogP contribution in [0.15, 0.2) is 97.7 Å². The van der Waals surface area contributed by atoms with Crippen LogP contribution in [0, 0.1) is 0 Å². The van der Waals surface area contributed by atoms with E-state index in [1.54, 1.807) is 12.5 Å². The van der Waals surface area contributed by atoms with Gasteiger partial charge in [-0.25, -0.2) is 4.98 Å². The van der Waals surface area contributed by atoms with E-state index in [2.05, 4.69) is 21.4 Å². The van der Waals surface area contributed by atoms with Gasteiger partial charge in [0.15, 0.2) is 0 Å². The first-order chi connectivity index (χ1) is 16.2. The highest BCUT2D eigenvalue weighted by Crippen LogP contribution is 2.34. The number of aromatic nitrogens is 3. The SMILES string of the molecule is O=C(NCC(c1ccccc1Cl)c1c[nH]c2ccccc12)c1ccc(Cn2ccnc2)cc1. The first kappa shape index (κ1) is 21.0. The molecule has 0 aliphatic carbocycles. The Bertz CT molecular complexity index is 1370. The molecule has 2 N–H and O–H groups in total. The van der Waals surface area contributed by atoms with Crippen LogP contribution < -0.4 is 5.32 Å². The van der Waals surface area contributed by atoms with E-state index in [9.17, 15) is 4.79 Å². The third-order valence-corrected chi connectivity index (χ3v) is 6.23. The molecule has 5 rings (SSSR count). The molecule has 33 heavy (non-hydrogen) atoms. The molecule has 0 aliphatic heterocycles. The molecule has 2 heterocycles. The molecule has 0 saturated heterocycles. The largest absolute Gasteiger partial charge is 0.361 e. The van der Waals surface area contributed by atoms with Gasteiger partial charge in [0.25, 0.3) is 5.91 Å². The number of rotatable bonds is 7. The average Bonchev–Trinajstić information content (AvgIpc) is 3.51. The summed E-state index contributed by atoms with van der Waals surface area (Å²) in [5.74, 6) is -0.194. The summed E-state index contributed by atoms with van der Waals surface area (Å²) in [6.45, 7) is 1.15. The molecule has 0 radical (unpaired) electrons. The lowest BCUT2D eigenvalue weighted by Gasteiger charge is -2.19. The molecule has 0 aliphatic rings. The fourth-order valence-corrected chi connectivity index (χ4v) is 4.44. The summed E-state index contributed by atoms with van der Waals surface area (Å²) >= 11 is 6.57. The zero-order valence-electron chi connectivity index (χ0n) is 17.9. The summed E-state index contributed by atoms with van der Waals surface area (Å²) in [7, 11) is 0. The molecule has 6 heteroatoms. The van der Waals surface area contributed by atoms with Crippen molar-refractivity contribution in [3.05, 3.63) is 125 Å². The number of halogens is 1. The van der Waals surface area contributed by atoms with Gasteiger partial charge in [-0.15, -0.1) is 0 Å². The minimum Gasteiger partial charge on any atom is -0.361 e. The number of carbonyl (C=O) groups is 1. The third-order valence-electron chi connectivity index (χ3n) is 5.88. The van der Waals surface area contributed by atoms with E-state index in [1.807, 2.05) is 83.7 Å². The molecule has 5 aromatic rings. The lowest BCUT2D eigenvalue weighted by atomic mass is 9.90. The van der Waals surface area contributed by atoms with Gasteiger partial charge in [-0.05, 0) is 41.0 Å². The van der Waals surface area contributed by atoms with Gasteiger partial charge >= 0.3 is 0 Å². The van der Waals surface area contributed by atoms with E-state index >= 15 is 0 Å². The number of hydrogen-bond acceptors (Lipinski definition) is 2. The number of nitrogens with one attached hydrogen (secondary N) is 2. The second-order valence-corrected chi connectivity index (χ2v) is 8.41. The minimum atomic E-state index is -0.110. The second-order valence-electron chi connectivity index (χ2n) is 8.01. The fraction of sp³-hybridized carbons (Fsp3) is 0.111. The summed E-state index contributed by atoms with van der Waals surface area (Å²) in [6, 6.07) is 23.6. The standard InChI is InChI=1S/C27H23ClN4O/c28-25-7-3-1-5-21(25)23(24-15-30-26-8-4-2-6-22(24)26)16-31-27(33)20-11-9-19(10-12-20)17-32-14-13-29-18-32/h1-15,18,23,30H,16-17H2,(H,31,33). The van der Waals surface area contributed by atoms with Crippen LogP contribution in [-0.2, 0) is 6.54 Å². The molecule has 0 spiro atoms. The van der Waals surface area contributed by atoms with Crippen LogP contribution in [0.5, 0.6) is 0 Å². The molecule has 1 atom stereocenters. The Balaban J connectivity index is 1.36. The number of para-hydroxylation sites is 1. The molecule has 0 saturated carbocycles. The van der Waals surface area contributed by atoms with Gasteiger partial charge in [0.2, 0.25) is 0 Å². The van der Waals surface area contributed by atoms with Crippen LogP contribution in [-0.4, -0.2) is 27.0 Å². The Morgan fingerprint density at radius 3 is 2.58 bits per heavy atom. The van der Waals surface area contributed by atoms with Crippen molar-refractivity contribution in [2.75, 3.05) is 6.54 Å². The number of nitrogens with zero attached hydrogens (tertiary/aromatic N) is 2. The third kappa shape index (κ3) is 4.54. The van der Waals surface area contributed by atoms with E-state index in [-0.39, 0.29) is 11.8 Å². The number of imidazole rings is 1. The van der Waals surface area contributed by atoms with Crippen LogP contribution in [0.1, 0.15) is 33.0 Å². The molecule has 1 unspecified atom stereocenters. The molecule has 2 aromatic heterocycles. The van der Waals surface area contributed by atoms with Crippen molar-refractivity contribution in [1.29, 1.82) is 0 Å². The summed E-state index contributed by atoms with van der Waals surface area (Å²) in [4.78, 5) is 20.4. The highest BCUT2D eigenvalue weighted by Gasteiger charge is 2.21. The smallest absolute Gasteiger partial charge is 0.251 e. The second kappa shape index (κ2) is 9.35. The summed E-state index contributed by atoms with van der Waals surface area (Å²) in [5.41, 5.74) is 4.89. The number of H-pyrrole nitrogens is 1. The quantitative estimate of drug-likeness (QED) is 0.335. The Morgan fingerprint density at radius 2 is 1.79 bits per heavy atom. The lowest BCUT2D eigenvalue weighted by molar-refractivity contribution is 0.0952. The summed E-state index contributed by atoms with van der Waals surface area (Å²) in [6.07, 6.45) is 7.46. The van der Waals surface area contributed by atoms with Crippen LogP contribution in [0.25, 0.3) is 10.9 Å². The van der Waals surface area contributed by atoms with Crippen molar-refractivity contribution < 1.29 is 4.79 Å². The zero-order valence-corrected chi connectivity index (χ0v) is 18.7. The zero-order chi connectivity index (χ0) is 22.6. The van der Waals surface area contributed by atoms with Crippen molar-refractivity contribution in [2.24, 2.45) is 0 Å². The van der Waals surface area contributed by atoms with Gasteiger partial charge in [-0.3, -0.25) is 4.79 Å². The number of hydrogen-bond donors (Lipinski definition) is 2. The Hall–Kier alpha value is -3.83. The van der Waals surface area contributed by atoms with E-state index in [4.69, 9.17) is 11.6 Å². The van der Waals surface area contributed by atoms with Crippen molar-refractivity contribution >= 4 is 28.4 Å². The van der Waals surface area contributed by atoms with Gasteiger partial charge in [0, 0.05) is 59.1 Å². The predicted octanol–water partition coefficient (Wildman–Crippen LogP) is 5.63. The van der Waals surface area contributed by atoms with E-state index in [1.165, 1.54) is 0 Å². The number of carbonyl (C=O) groups excluding carboxylic acids is 1. The highest BCUT2D eigenvalue weighted by molar-refractivity contribution is 6.31. The lowest BCUT2D eigenvalue weighted by Crippen LogP contribution is -2.29. The van der Waals surface area contributed by atoms with E-state index < -0.39 is 0 Å². The first-order valence-electron chi connectivity index (χ1n) is 10.8. The molecular weight excluding hydrogens is 432 g/mol. The van der Waals surface area contributed by atoms with Gasteiger partial charge in [-0.2, -0.15) is 0 Å². The van der Waals surface area contributed by atoms with Gasteiger partial charge in [0.05, 0.1) is 6.33 Å². The average molecular weight is 455 g/mol. The summed E-state index contributed by atoms with van der Waals surface area (Å²) < 4.78 is 1.99. The minimum absolute atomic E-state index is 0.0840. The van der Waals surface area contributed by atoms with Crippen LogP contribution in [0.2, 0.25) is 5.02 Å². The van der Waals surface area contributed by atoms with Crippen molar-refractivity contribution in [1.82, 2.24) is 19.9 Å². The summed E-state index contributed by atoms with van der Waals surface area (Å²) in [5, 5.41) is 4.93. The molecule has 164 valence electrons. The molecule has 0 bridgehead atoms. The van der Waals surface area contributed by atoms with E-state index in [0.29, 0.717) is 17.1 Å². The van der Waals surface area contributed by atoms with Crippen molar-refractivity contribution in [3.8, 4) is 0 Å².